The van der Waals surface area contributed by atoms with E-state index >= 15 is 0 Å². The number of halogens is 4. The smallest absolute Gasteiger partial charge is 0.337 e. The SMILES string of the molecule is COC(=O)c1ccc2c(F)cnc(-c3c(F)cc(F)cc3F)c2c1. The topological polar surface area (TPSA) is 39.2 Å². The highest BCUT2D eigenvalue weighted by Crippen LogP contribution is 2.33. The van der Waals surface area contributed by atoms with Gasteiger partial charge in [-0.05, 0) is 12.1 Å². The number of carbonyl (C=O) groups excluding carboxylic acids is 1. The Morgan fingerprint density at radius 3 is 2.25 bits per heavy atom. The highest BCUT2D eigenvalue weighted by atomic mass is 19.1. The Hall–Kier alpha value is -2.96. The van der Waals surface area contributed by atoms with Crippen molar-refractivity contribution in [3.8, 4) is 11.3 Å². The molecule has 0 aliphatic heterocycles. The van der Waals surface area contributed by atoms with Crippen LogP contribution in [0.1, 0.15) is 10.4 Å². The van der Waals surface area contributed by atoms with Crippen molar-refractivity contribution in [2.24, 2.45) is 0 Å². The van der Waals surface area contributed by atoms with Crippen LogP contribution in [-0.2, 0) is 4.74 Å². The van der Waals surface area contributed by atoms with Crippen molar-refractivity contribution in [2.75, 3.05) is 7.11 Å². The number of hydrogen-bond acceptors (Lipinski definition) is 3. The van der Waals surface area contributed by atoms with E-state index in [1.807, 2.05) is 0 Å². The highest BCUT2D eigenvalue weighted by molar-refractivity contribution is 6.00. The Morgan fingerprint density at radius 2 is 1.62 bits per heavy atom. The summed E-state index contributed by atoms with van der Waals surface area (Å²) in [6.07, 6.45) is 0.803. The first-order valence-corrected chi connectivity index (χ1v) is 6.74. The van der Waals surface area contributed by atoms with Gasteiger partial charge < -0.3 is 4.74 Å². The summed E-state index contributed by atoms with van der Waals surface area (Å²) in [5.74, 6) is -4.89. The van der Waals surface area contributed by atoms with Gasteiger partial charge in [-0.15, -0.1) is 0 Å². The minimum absolute atomic E-state index is 0.00214. The van der Waals surface area contributed by atoms with E-state index < -0.39 is 34.8 Å². The molecular formula is C17H9F4NO2. The monoisotopic (exact) mass is 335 g/mol. The maximum atomic E-state index is 14.0. The molecule has 1 aromatic heterocycles. The number of methoxy groups -OCH3 is 1. The molecule has 0 aliphatic carbocycles. The molecule has 122 valence electrons. The molecule has 0 saturated carbocycles. The molecule has 0 atom stereocenters. The Morgan fingerprint density at radius 1 is 0.958 bits per heavy atom. The minimum atomic E-state index is -1.18. The number of ether oxygens (including phenoxy) is 1. The molecule has 0 aliphatic rings. The van der Waals surface area contributed by atoms with Crippen LogP contribution in [-0.4, -0.2) is 18.1 Å². The second-order valence-electron chi connectivity index (χ2n) is 4.95. The molecule has 7 heteroatoms. The van der Waals surface area contributed by atoms with Crippen LogP contribution in [0.2, 0.25) is 0 Å². The van der Waals surface area contributed by atoms with Crippen molar-refractivity contribution in [3.63, 3.8) is 0 Å². The van der Waals surface area contributed by atoms with Gasteiger partial charge in [0.05, 0.1) is 30.1 Å². The second kappa shape index (κ2) is 5.92. The van der Waals surface area contributed by atoms with E-state index in [2.05, 4.69) is 9.72 Å². The standard InChI is InChI=1S/C17H9F4NO2/c1-24-17(23)8-2-3-10-11(4-8)16(22-7-14(10)21)15-12(19)5-9(18)6-13(15)20/h2-7H,1H3. The Balaban J connectivity index is 2.36. The van der Waals surface area contributed by atoms with Crippen LogP contribution < -0.4 is 0 Å². The zero-order valence-electron chi connectivity index (χ0n) is 12.2. The van der Waals surface area contributed by atoms with Crippen LogP contribution in [0.5, 0.6) is 0 Å². The molecule has 0 N–H and O–H groups in total. The highest BCUT2D eigenvalue weighted by Gasteiger charge is 2.20. The normalized spacial score (nSPS) is 10.9. The van der Waals surface area contributed by atoms with Crippen LogP contribution in [0.3, 0.4) is 0 Å². The van der Waals surface area contributed by atoms with Crippen molar-refractivity contribution in [1.29, 1.82) is 0 Å². The van der Waals surface area contributed by atoms with E-state index in [-0.39, 0.29) is 22.0 Å². The molecule has 0 saturated heterocycles. The number of benzene rings is 2. The van der Waals surface area contributed by atoms with Gasteiger partial charge in [0.1, 0.15) is 23.3 Å². The minimum Gasteiger partial charge on any atom is -0.465 e. The van der Waals surface area contributed by atoms with E-state index in [9.17, 15) is 22.4 Å². The first kappa shape index (κ1) is 15.9. The number of aromatic nitrogens is 1. The summed E-state index contributed by atoms with van der Waals surface area (Å²) in [5, 5.41) is 0.0121. The lowest BCUT2D eigenvalue weighted by Crippen LogP contribution is -2.02. The third-order valence-electron chi connectivity index (χ3n) is 3.50. The van der Waals surface area contributed by atoms with Gasteiger partial charge in [-0.25, -0.2) is 22.4 Å². The van der Waals surface area contributed by atoms with Crippen molar-refractivity contribution in [3.05, 3.63) is 65.4 Å². The van der Waals surface area contributed by atoms with Gasteiger partial charge in [0.2, 0.25) is 0 Å². The molecule has 0 spiro atoms. The summed E-state index contributed by atoms with van der Waals surface area (Å²) in [5.41, 5.74) is -0.794. The second-order valence-corrected chi connectivity index (χ2v) is 4.95. The number of esters is 1. The van der Waals surface area contributed by atoms with Gasteiger partial charge in [0.25, 0.3) is 0 Å². The van der Waals surface area contributed by atoms with E-state index in [4.69, 9.17) is 0 Å². The van der Waals surface area contributed by atoms with Gasteiger partial charge >= 0.3 is 5.97 Å². The molecule has 0 unspecified atom stereocenters. The van der Waals surface area contributed by atoms with E-state index in [1.165, 1.54) is 18.2 Å². The molecule has 2 aromatic carbocycles. The van der Waals surface area contributed by atoms with Crippen LogP contribution >= 0.6 is 0 Å². The van der Waals surface area contributed by atoms with Gasteiger partial charge in [-0.2, -0.15) is 0 Å². The maximum absolute atomic E-state index is 14.0. The van der Waals surface area contributed by atoms with Crippen LogP contribution in [0.15, 0.2) is 36.5 Å². The Kier molecular flexibility index (Phi) is 3.92. The molecule has 0 bridgehead atoms. The summed E-state index contributed by atoms with van der Waals surface area (Å²) >= 11 is 0. The average molecular weight is 335 g/mol. The molecule has 3 rings (SSSR count). The number of carbonyl (C=O) groups is 1. The lowest BCUT2D eigenvalue weighted by molar-refractivity contribution is 0.0601. The van der Waals surface area contributed by atoms with Crippen LogP contribution in [0.4, 0.5) is 17.6 Å². The zero-order valence-corrected chi connectivity index (χ0v) is 12.2. The van der Waals surface area contributed by atoms with Gasteiger partial charge in [-0.3, -0.25) is 4.98 Å². The van der Waals surface area contributed by atoms with Gasteiger partial charge in [0.15, 0.2) is 0 Å². The number of hydrogen-bond donors (Lipinski definition) is 0. The Labute approximate surface area is 133 Å². The van der Waals surface area contributed by atoms with Crippen molar-refractivity contribution in [1.82, 2.24) is 4.98 Å². The summed E-state index contributed by atoms with van der Waals surface area (Å²) in [6.45, 7) is 0. The number of pyridine rings is 1. The van der Waals surface area contributed by atoms with Gasteiger partial charge in [0, 0.05) is 22.9 Å². The quantitative estimate of drug-likeness (QED) is 0.519. The fourth-order valence-electron chi connectivity index (χ4n) is 2.42. The fourth-order valence-corrected chi connectivity index (χ4v) is 2.42. The van der Waals surface area contributed by atoms with Crippen molar-refractivity contribution >= 4 is 16.7 Å². The molecule has 3 nitrogen and oxygen atoms in total. The third-order valence-corrected chi connectivity index (χ3v) is 3.50. The number of rotatable bonds is 2. The predicted molar refractivity (Wildman–Crippen MR) is 78.4 cm³/mol. The van der Waals surface area contributed by atoms with Gasteiger partial charge in [-0.1, -0.05) is 6.07 Å². The lowest BCUT2D eigenvalue weighted by Gasteiger charge is -2.10. The summed E-state index contributed by atoms with van der Waals surface area (Å²) in [6, 6.07) is 4.81. The first-order chi connectivity index (χ1) is 11.4. The first-order valence-electron chi connectivity index (χ1n) is 6.74. The van der Waals surface area contributed by atoms with E-state index in [0.29, 0.717) is 12.1 Å². The summed E-state index contributed by atoms with van der Waals surface area (Å²) < 4.78 is 59.7. The molecule has 24 heavy (non-hydrogen) atoms. The molecule has 0 fully saturated rings. The molecular weight excluding hydrogens is 326 g/mol. The summed E-state index contributed by atoms with van der Waals surface area (Å²) in [4.78, 5) is 15.4. The summed E-state index contributed by atoms with van der Waals surface area (Å²) in [7, 11) is 1.16. The molecule has 1 heterocycles. The maximum Gasteiger partial charge on any atom is 0.337 e. The van der Waals surface area contributed by atoms with Crippen LogP contribution in [0.25, 0.3) is 22.0 Å². The van der Waals surface area contributed by atoms with Crippen molar-refractivity contribution < 1.29 is 27.1 Å². The number of nitrogens with zero attached hydrogens (tertiary/aromatic N) is 1. The van der Waals surface area contributed by atoms with Crippen LogP contribution in [0, 0.1) is 23.3 Å². The largest absolute Gasteiger partial charge is 0.465 e. The average Bonchev–Trinajstić information content (AvgIpc) is 2.55. The molecule has 0 amide bonds. The molecule has 3 aromatic rings. The third kappa shape index (κ3) is 2.58. The fraction of sp³-hybridized carbons (Fsp3) is 0.0588. The van der Waals surface area contributed by atoms with E-state index in [1.54, 1.807) is 0 Å². The van der Waals surface area contributed by atoms with Crippen molar-refractivity contribution in [2.45, 2.75) is 0 Å². The molecule has 0 radical (unpaired) electrons. The zero-order chi connectivity index (χ0) is 17.4. The predicted octanol–water partition coefficient (Wildman–Crippen LogP) is 4.24. The number of fused-ring (bicyclic) bond motifs is 1. The van der Waals surface area contributed by atoms with E-state index in [0.717, 1.165) is 13.3 Å². The Bertz CT molecular complexity index is 949. The lowest BCUT2D eigenvalue weighted by atomic mass is 10.0.